The molecule has 0 aromatic heterocycles. The highest BCUT2D eigenvalue weighted by Gasteiger charge is 2.27. The van der Waals surface area contributed by atoms with Gasteiger partial charge in [0.1, 0.15) is 19.3 Å². The van der Waals surface area contributed by atoms with E-state index in [2.05, 4.69) is 160 Å². The Morgan fingerprint density at radius 2 is 0.800 bits per heavy atom. The minimum atomic E-state index is -4.73. The first-order valence-electron chi connectivity index (χ1n) is 31.6. The molecule has 9 nitrogen and oxygen atoms in total. The van der Waals surface area contributed by atoms with E-state index in [-0.39, 0.29) is 31.3 Å². The number of allylic oxidation sites excluding steroid dienone is 23. The Hall–Kier alpha value is -4.11. The molecule has 3 atom stereocenters. The fourth-order valence-electron chi connectivity index (χ4n) is 8.20. The molecular formula is C70H117N2O7P. The predicted molar refractivity (Wildman–Crippen MR) is 343 cm³/mol. The molecule has 0 aromatic carbocycles. The summed E-state index contributed by atoms with van der Waals surface area (Å²) in [5.41, 5.74) is 0. The molecule has 454 valence electrons. The van der Waals surface area contributed by atoms with E-state index in [9.17, 15) is 19.0 Å². The predicted octanol–water partition coefficient (Wildman–Crippen LogP) is 19.2. The summed E-state index contributed by atoms with van der Waals surface area (Å²) in [5.74, 6) is -0.620. The van der Waals surface area contributed by atoms with Gasteiger partial charge in [0.15, 0.2) is 0 Å². The summed E-state index contributed by atoms with van der Waals surface area (Å²) in [6, 6.07) is -0.928. The Morgan fingerprint density at radius 3 is 1.21 bits per heavy atom. The third-order valence-corrected chi connectivity index (χ3v) is 14.0. The molecule has 0 aliphatic carbocycles. The Labute approximate surface area is 491 Å². The SMILES string of the molecule is CC/C=C\C/C=C\C/C=C\C/C=C\C/C=C\C/C=C\CCCCCCC(=O)OC(/C=C/CCCCCCCCCCCC)C(COP(=O)([O-])OCC[N+](C)(C)C)NC(=O)CCCCC/C=C\C/C=C\C/C=C\C/C=C\C/C=C\CC. The molecule has 0 saturated heterocycles. The van der Waals surface area contributed by atoms with E-state index in [1.807, 2.05) is 33.3 Å². The quantitative estimate of drug-likeness (QED) is 0.0212. The zero-order chi connectivity index (χ0) is 58.6. The number of nitrogens with zero attached hydrogens (tertiary/aromatic N) is 1. The second-order valence-corrected chi connectivity index (χ2v) is 23.2. The van der Waals surface area contributed by atoms with Gasteiger partial charge in [-0.05, 0) is 128 Å². The molecule has 0 bridgehead atoms. The Kier molecular flexibility index (Phi) is 55.1. The van der Waals surface area contributed by atoms with Crippen LogP contribution in [0.15, 0.2) is 146 Å². The van der Waals surface area contributed by atoms with Crippen molar-refractivity contribution in [2.45, 2.75) is 245 Å². The molecule has 0 spiro atoms. The van der Waals surface area contributed by atoms with Crippen molar-refractivity contribution in [2.24, 2.45) is 0 Å². The number of carbonyl (C=O) groups excluding carboxylic acids is 2. The number of rotatable bonds is 55. The monoisotopic (exact) mass is 1130 g/mol. The van der Waals surface area contributed by atoms with Gasteiger partial charge in [-0.2, -0.15) is 0 Å². The summed E-state index contributed by atoms with van der Waals surface area (Å²) in [5, 5.41) is 3.00. The van der Waals surface area contributed by atoms with Gasteiger partial charge in [0, 0.05) is 12.8 Å². The second kappa shape index (κ2) is 58.1. The molecule has 1 N–H and O–H groups in total. The highest BCUT2D eigenvalue weighted by molar-refractivity contribution is 7.45. The summed E-state index contributed by atoms with van der Waals surface area (Å²) in [7, 11) is 1.12. The molecule has 0 aromatic rings. The fourth-order valence-corrected chi connectivity index (χ4v) is 8.92. The van der Waals surface area contributed by atoms with Gasteiger partial charge in [0.05, 0.1) is 33.8 Å². The average Bonchev–Trinajstić information content (AvgIpc) is 3.43. The third kappa shape index (κ3) is 58.5. The van der Waals surface area contributed by atoms with E-state index in [0.29, 0.717) is 23.9 Å². The van der Waals surface area contributed by atoms with E-state index < -0.39 is 26.6 Å². The van der Waals surface area contributed by atoms with Crippen LogP contribution in [0.4, 0.5) is 0 Å². The Morgan fingerprint density at radius 1 is 0.450 bits per heavy atom. The van der Waals surface area contributed by atoms with Gasteiger partial charge >= 0.3 is 5.97 Å². The summed E-state index contributed by atoms with van der Waals surface area (Å²) >= 11 is 0. The first-order chi connectivity index (χ1) is 38.9. The van der Waals surface area contributed by atoms with Gasteiger partial charge in [-0.25, -0.2) is 0 Å². The maximum atomic E-state index is 13.5. The van der Waals surface area contributed by atoms with Gasteiger partial charge in [0.25, 0.3) is 7.82 Å². The van der Waals surface area contributed by atoms with Crippen LogP contribution < -0.4 is 10.2 Å². The molecule has 80 heavy (non-hydrogen) atoms. The number of likely N-dealkylation sites (N-methyl/N-ethyl adjacent to an activating group) is 1. The molecule has 0 radical (unpaired) electrons. The molecule has 0 fully saturated rings. The number of carbonyl (C=O) groups is 2. The maximum absolute atomic E-state index is 13.5. The van der Waals surface area contributed by atoms with E-state index in [1.165, 1.54) is 51.4 Å². The fraction of sp³-hybridized carbons (Fsp3) is 0.629. The maximum Gasteiger partial charge on any atom is 0.306 e. The van der Waals surface area contributed by atoms with E-state index >= 15 is 0 Å². The number of phosphoric acid groups is 1. The van der Waals surface area contributed by atoms with Crippen molar-refractivity contribution in [3.05, 3.63) is 146 Å². The number of hydrogen-bond donors (Lipinski definition) is 1. The number of phosphoric ester groups is 1. The highest BCUT2D eigenvalue weighted by Crippen LogP contribution is 2.38. The number of ether oxygens (including phenoxy) is 1. The van der Waals surface area contributed by atoms with E-state index in [1.54, 1.807) is 0 Å². The van der Waals surface area contributed by atoms with Crippen LogP contribution in [0.2, 0.25) is 0 Å². The lowest BCUT2D eigenvalue weighted by Gasteiger charge is -2.30. The molecule has 0 aliphatic heterocycles. The van der Waals surface area contributed by atoms with Crippen molar-refractivity contribution >= 4 is 19.7 Å². The van der Waals surface area contributed by atoms with Gasteiger partial charge < -0.3 is 28.5 Å². The molecule has 0 rings (SSSR count). The van der Waals surface area contributed by atoms with Gasteiger partial charge in [-0.15, -0.1) is 0 Å². The number of hydrogen-bond acceptors (Lipinski definition) is 7. The van der Waals surface area contributed by atoms with Crippen molar-refractivity contribution < 1.29 is 37.3 Å². The van der Waals surface area contributed by atoms with Crippen LogP contribution in [0.5, 0.6) is 0 Å². The first kappa shape index (κ1) is 75.9. The number of nitrogens with one attached hydrogen (secondary N) is 1. The highest BCUT2D eigenvalue weighted by atomic mass is 31.2. The van der Waals surface area contributed by atoms with Crippen molar-refractivity contribution in [1.29, 1.82) is 0 Å². The minimum absolute atomic E-state index is 0.0422. The third-order valence-electron chi connectivity index (χ3n) is 13.0. The lowest BCUT2D eigenvalue weighted by atomic mass is 10.1. The lowest BCUT2D eigenvalue weighted by Crippen LogP contribution is -2.47. The lowest BCUT2D eigenvalue weighted by molar-refractivity contribution is -0.870. The van der Waals surface area contributed by atoms with Gasteiger partial charge in [-0.3, -0.25) is 14.2 Å². The molecule has 1 amide bonds. The van der Waals surface area contributed by atoms with Crippen molar-refractivity contribution in [3.63, 3.8) is 0 Å². The Balaban J connectivity index is 5.36. The van der Waals surface area contributed by atoms with Gasteiger partial charge in [-0.1, -0.05) is 238 Å². The van der Waals surface area contributed by atoms with Crippen LogP contribution in [-0.2, 0) is 27.9 Å². The largest absolute Gasteiger partial charge is 0.756 e. The van der Waals surface area contributed by atoms with E-state index in [0.717, 1.165) is 135 Å². The number of esters is 1. The van der Waals surface area contributed by atoms with Crippen LogP contribution in [0, 0.1) is 0 Å². The molecule has 0 heterocycles. The van der Waals surface area contributed by atoms with Crippen LogP contribution >= 0.6 is 7.82 Å². The smallest absolute Gasteiger partial charge is 0.306 e. The summed E-state index contributed by atoms with van der Waals surface area (Å²) in [4.78, 5) is 40.0. The summed E-state index contributed by atoms with van der Waals surface area (Å²) in [6.45, 7) is 6.55. The zero-order valence-corrected chi connectivity index (χ0v) is 52.6. The standard InChI is InChI=1S/C70H117N2O7P/c1-7-10-13-16-19-22-25-28-30-32-34-35-36-37-39-41-43-45-48-51-54-57-60-63-70(74)79-68(61-58-55-52-49-46-27-24-21-18-15-12-9-3)67(66-78-80(75,76)77-65-64-72(4,5)6)71-69(73)62-59-56-53-50-47-44-42-40-38-33-31-29-26-23-20-17-14-11-8-2/h10-11,13-14,19-20,22-23,28-31,34-35,37-40,43-45,47,58,61,67-68H,7-9,12,15-18,21,24-27,32-33,36,41-42,46,48-57,59-60,62-66H2,1-6H3,(H-,71,73,75,76)/b13-10-,14-11-,22-19-,23-20-,30-28-,31-29-,35-34-,39-37-,40-38-,45-43-,47-44-,61-58+. The first-order valence-corrected chi connectivity index (χ1v) is 33.1. The zero-order valence-electron chi connectivity index (χ0n) is 51.7. The molecule has 3 unspecified atom stereocenters. The van der Waals surface area contributed by atoms with Crippen molar-refractivity contribution in [3.8, 4) is 0 Å². The number of unbranched alkanes of at least 4 members (excludes halogenated alkanes) is 17. The molecule has 0 saturated carbocycles. The van der Waals surface area contributed by atoms with Gasteiger partial charge in [0.2, 0.25) is 5.91 Å². The molecule has 10 heteroatoms. The van der Waals surface area contributed by atoms with Crippen LogP contribution in [0.3, 0.4) is 0 Å². The minimum Gasteiger partial charge on any atom is -0.756 e. The molecular weight excluding hydrogens is 1010 g/mol. The number of quaternary nitrogens is 1. The van der Waals surface area contributed by atoms with Crippen molar-refractivity contribution in [2.75, 3.05) is 40.9 Å². The van der Waals surface area contributed by atoms with Crippen LogP contribution in [0.25, 0.3) is 0 Å². The topological polar surface area (TPSA) is 114 Å². The van der Waals surface area contributed by atoms with Crippen LogP contribution in [0.1, 0.15) is 233 Å². The number of amides is 1. The normalized spacial score (nSPS) is 14.6. The van der Waals surface area contributed by atoms with Crippen molar-refractivity contribution in [1.82, 2.24) is 5.32 Å². The Bertz CT molecular complexity index is 1880. The van der Waals surface area contributed by atoms with Crippen LogP contribution in [-0.4, -0.2) is 69.4 Å². The summed E-state index contributed by atoms with van der Waals surface area (Å²) in [6.07, 6.45) is 83.9. The molecule has 0 aliphatic rings. The average molecular weight is 1130 g/mol. The second-order valence-electron chi connectivity index (χ2n) is 21.8. The van der Waals surface area contributed by atoms with E-state index in [4.69, 9.17) is 13.8 Å². The summed E-state index contributed by atoms with van der Waals surface area (Å²) < 4.78 is 30.3.